The number of hydrogen-bond donors (Lipinski definition) is 3. The Morgan fingerprint density at radius 3 is 2.25 bits per heavy atom. The normalized spacial score (nSPS) is 15.9. The van der Waals surface area contributed by atoms with Crippen LogP contribution in [0.5, 0.6) is 0 Å². The summed E-state index contributed by atoms with van der Waals surface area (Å²) in [5.74, 6) is -0.392. The molecule has 20 heavy (non-hydrogen) atoms. The number of benzene rings is 1. The van der Waals surface area contributed by atoms with Crippen molar-refractivity contribution in [3.63, 3.8) is 0 Å². The third kappa shape index (κ3) is 3.20. The van der Waals surface area contributed by atoms with Crippen molar-refractivity contribution >= 4 is 23.2 Å². The Morgan fingerprint density at radius 2 is 1.70 bits per heavy atom. The maximum Gasteiger partial charge on any atom is 0.252 e. The smallest absolute Gasteiger partial charge is 0.252 e. The van der Waals surface area contributed by atoms with Gasteiger partial charge in [-0.25, -0.2) is 0 Å². The van der Waals surface area contributed by atoms with E-state index in [4.69, 9.17) is 11.5 Å². The van der Waals surface area contributed by atoms with Gasteiger partial charge in [-0.2, -0.15) is 0 Å². The molecule has 1 aliphatic rings. The van der Waals surface area contributed by atoms with Gasteiger partial charge in [-0.05, 0) is 38.0 Å². The van der Waals surface area contributed by atoms with Crippen LogP contribution in [-0.4, -0.2) is 35.8 Å². The molecule has 2 amide bonds. The first kappa shape index (κ1) is 14.2. The van der Waals surface area contributed by atoms with Gasteiger partial charge in [0.15, 0.2) is 0 Å². The first-order chi connectivity index (χ1) is 9.47. The minimum absolute atomic E-state index is 0.0484. The Hall–Kier alpha value is -2.24. The first-order valence-corrected chi connectivity index (χ1v) is 6.73. The molecule has 0 spiro atoms. The molecule has 0 bridgehead atoms. The van der Waals surface area contributed by atoms with Crippen molar-refractivity contribution in [3.05, 3.63) is 23.8 Å². The highest BCUT2D eigenvalue weighted by molar-refractivity contribution is 5.98. The van der Waals surface area contributed by atoms with Crippen molar-refractivity contribution in [2.75, 3.05) is 24.6 Å². The number of rotatable bonds is 3. The van der Waals surface area contributed by atoms with Crippen LogP contribution in [0.2, 0.25) is 0 Å². The molecule has 108 valence electrons. The number of nitrogens with zero attached hydrogens (tertiary/aromatic N) is 1. The number of nitrogens with two attached hydrogens (primary N) is 2. The van der Waals surface area contributed by atoms with Gasteiger partial charge in [-0.3, -0.25) is 9.59 Å². The summed E-state index contributed by atoms with van der Waals surface area (Å²) in [5.41, 5.74) is 12.5. The van der Waals surface area contributed by atoms with Gasteiger partial charge < -0.3 is 21.7 Å². The van der Waals surface area contributed by atoms with Crippen molar-refractivity contribution in [1.82, 2.24) is 10.2 Å². The highest BCUT2D eigenvalue weighted by atomic mass is 16.2. The van der Waals surface area contributed by atoms with Crippen LogP contribution in [0.25, 0.3) is 0 Å². The van der Waals surface area contributed by atoms with Crippen molar-refractivity contribution in [3.8, 4) is 0 Å². The highest BCUT2D eigenvalue weighted by Gasteiger charge is 2.24. The van der Waals surface area contributed by atoms with Gasteiger partial charge in [0.05, 0.1) is 0 Å². The molecular formula is C14H20N4O2. The van der Waals surface area contributed by atoms with Crippen LogP contribution in [0.3, 0.4) is 0 Å². The van der Waals surface area contributed by atoms with Crippen LogP contribution >= 0.6 is 0 Å². The monoisotopic (exact) mass is 276 g/mol. The SMILES string of the molecule is CC(NC(=O)c1cc(N)cc(N)c1)C(=O)N1CCCC1. The van der Waals surface area contributed by atoms with Crippen molar-refractivity contribution in [2.24, 2.45) is 0 Å². The molecule has 1 fully saturated rings. The molecular weight excluding hydrogens is 256 g/mol. The minimum Gasteiger partial charge on any atom is -0.399 e. The average molecular weight is 276 g/mol. The zero-order chi connectivity index (χ0) is 14.7. The third-order valence-electron chi connectivity index (χ3n) is 3.38. The van der Waals surface area contributed by atoms with E-state index >= 15 is 0 Å². The first-order valence-electron chi connectivity index (χ1n) is 6.73. The molecule has 0 saturated carbocycles. The molecule has 2 rings (SSSR count). The summed E-state index contributed by atoms with van der Waals surface area (Å²) >= 11 is 0. The predicted octanol–water partition coefficient (Wildman–Crippen LogP) is 0.592. The lowest BCUT2D eigenvalue weighted by Crippen LogP contribution is -2.45. The van der Waals surface area contributed by atoms with Crippen molar-refractivity contribution < 1.29 is 9.59 Å². The van der Waals surface area contributed by atoms with E-state index < -0.39 is 6.04 Å². The van der Waals surface area contributed by atoms with E-state index in [1.807, 2.05) is 0 Å². The van der Waals surface area contributed by atoms with E-state index in [2.05, 4.69) is 5.32 Å². The van der Waals surface area contributed by atoms with Gasteiger partial charge in [0.2, 0.25) is 5.91 Å². The Balaban J connectivity index is 2.01. The molecule has 0 radical (unpaired) electrons. The molecule has 5 N–H and O–H groups in total. The summed E-state index contributed by atoms with van der Waals surface area (Å²) < 4.78 is 0. The number of nitrogen functional groups attached to an aromatic ring is 2. The third-order valence-corrected chi connectivity index (χ3v) is 3.38. The van der Waals surface area contributed by atoms with Gasteiger partial charge >= 0.3 is 0 Å². The fourth-order valence-electron chi connectivity index (χ4n) is 2.36. The second-order valence-electron chi connectivity index (χ2n) is 5.12. The fraction of sp³-hybridized carbons (Fsp3) is 0.429. The van der Waals surface area contributed by atoms with Crippen LogP contribution in [-0.2, 0) is 4.79 Å². The number of likely N-dealkylation sites (tertiary alicyclic amines) is 1. The number of amides is 2. The Bertz CT molecular complexity index is 504. The molecule has 1 atom stereocenters. The molecule has 0 aliphatic carbocycles. The maximum absolute atomic E-state index is 12.1. The molecule has 1 unspecified atom stereocenters. The fourth-order valence-corrected chi connectivity index (χ4v) is 2.36. The summed E-state index contributed by atoms with van der Waals surface area (Å²) in [6.45, 7) is 3.22. The second-order valence-corrected chi connectivity index (χ2v) is 5.12. The summed E-state index contributed by atoms with van der Waals surface area (Å²) in [7, 11) is 0. The zero-order valence-corrected chi connectivity index (χ0v) is 11.6. The Morgan fingerprint density at radius 1 is 1.15 bits per heavy atom. The standard InChI is InChI=1S/C14H20N4O2/c1-9(14(20)18-4-2-3-5-18)17-13(19)10-6-11(15)8-12(16)7-10/h6-9H,2-5,15-16H2,1H3,(H,17,19). The van der Waals surface area contributed by atoms with E-state index in [9.17, 15) is 9.59 Å². The van der Waals surface area contributed by atoms with Crippen molar-refractivity contribution in [1.29, 1.82) is 0 Å². The van der Waals surface area contributed by atoms with Crippen molar-refractivity contribution in [2.45, 2.75) is 25.8 Å². The average Bonchev–Trinajstić information content (AvgIpc) is 2.90. The number of hydrogen-bond acceptors (Lipinski definition) is 4. The summed E-state index contributed by atoms with van der Waals surface area (Å²) in [5, 5.41) is 2.69. The lowest BCUT2D eigenvalue weighted by atomic mass is 10.1. The Labute approximate surface area is 118 Å². The van der Waals surface area contributed by atoms with E-state index in [1.165, 1.54) is 0 Å². The molecule has 6 nitrogen and oxygen atoms in total. The molecule has 1 aromatic rings. The quantitative estimate of drug-likeness (QED) is 0.703. The number of anilines is 2. The van der Waals surface area contributed by atoms with Gasteiger partial charge in [0.25, 0.3) is 5.91 Å². The van der Waals surface area contributed by atoms with Crippen LogP contribution in [0.1, 0.15) is 30.1 Å². The van der Waals surface area contributed by atoms with Gasteiger partial charge in [0.1, 0.15) is 6.04 Å². The number of nitrogens with one attached hydrogen (secondary N) is 1. The molecule has 1 saturated heterocycles. The largest absolute Gasteiger partial charge is 0.399 e. The Kier molecular flexibility index (Phi) is 4.12. The van der Waals surface area contributed by atoms with Crippen LogP contribution in [0, 0.1) is 0 Å². The molecule has 6 heteroatoms. The number of carbonyl (C=O) groups is 2. The molecule has 1 aliphatic heterocycles. The topological polar surface area (TPSA) is 101 Å². The summed E-state index contributed by atoms with van der Waals surface area (Å²) in [4.78, 5) is 26.0. The highest BCUT2D eigenvalue weighted by Crippen LogP contribution is 2.14. The van der Waals surface area contributed by atoms with E-state index in [0.29, 0.717) is 16.9 Å². The molecule has 1 heterocycles. The van der Waals surface area contributed by atoms with Crippen LogP contribution in [0.4, 0.5) is 11.4 Å². The lowest BCUT2D eigenvalue weighted by molar-refractivity contribution is -0.131. The maximum atomic E-state index is 12.1. The predicted molar refractivity (Wildman–Crippen MR) is 78.0 cm³/mol. The summed E-state index contributed by atoms with van der Waals surface area (Å²) in [6, 6.07) is 4.11. The van der Waals surface area contributed by atoms with E-state index in [-0.39, 0.29) is 11.8 Å². The van der Waals surface area contributed by atoms with Gasteiger partial charge in [0, 0.05) is 30.0 Å². The van der Waals surface area contributed by atoms with Crippen LogP contribution < -0.4 is 16.8 Å². The second kappa shape index (κ2) is 5.81. The van der Waals surface area contributed by atoms with Gasteiger partial charge in [-0.15, -0.1) is 0 Å². The summed E-state index contributed by atoms with van der Waals surface area (Å²) in [6.07, 6.45) is 2.05. The molecule has 0 aromatic heterocycles. The zero-order valence-electron chi connectivity index (χ0n) is 11.6. The lowest BCUT2D eigenvalue weighted by Gasteiger charge is -2.21. The van der Waals surface area contributed by atoms with Gasteiger partial charge in [-0.1, -0.05) is 0 Å². The minimum atomic E-state index is -0.553. The van der Waals surface area contributed by atoms with Crippen LogP contribution in [0.15, 0.2) is 18.2 Å². The number of carbonyl (C=O) groups excluding carboxylic acids is 2. The van der Waals surface area contributed by atoms with E-state index in [1.54, 1.807) is 30.0 Å². The molecule has 1 aromatic carbocycles. The van der Waals surface area contributed by atoms with E-state index in [0.717, 1.165) is 25.9 Å².